The van der Waals surface area contributed by atoms with Gasteiger partial charge in [0.25, 0.3) is 17.9 Å². The third-order valence-electron chi connectivity index (χ3n) is 6.30. The van der Waals surface area contributed by atoms with E-state index in [0.29, 0.717) is 22.0 Å². The van der Waals surface area contributed by atoms with Crippen molar-refractivity contribution in [2.24, 2.45) is 15.9 Å². The van der Waals surface area contributed by atoms with Crippen molar-refractivity contribution < 1.29 is 42.0 Å². The normalized spacial score (nSPS) is 20.4. The third-order valence-corrected chi connectivity index (χ3v) is 8.11. The van der Waals surface area contributed by atoms with Crippen molar-refractivity contribution in [1.29, 1.82) is 0 Å². The zero-order valence-corrected chi connectivity index (χ0v) is 23.9. The Hall–Kier alpha value is -4.33. The van der Waals surface area contributed by atoms with Crippen LogP contribution in [0.5, 0.6) is 5.75 Å². The van der Waals surface area contributed by atoms with Crippen molar-refractivity contribution in [3.8, 4) is 5.75 Å². The molecule has 2 aromatic rings. The van der Waals surface area contributed by atoms with Gasteiger partial charge in [-0.15, -0.1) is 11.3 Å². The molecule has 0 spiro atoms. The van der Waals surface area contributed by atoms with Crippen molar-refractivity contribution in [2.45, 2.75) is 38.1 Å². The molecule has 0 saturated carbocycles. The number of hydrogen-bond donors (Lipinski definition) is 6. The number of carbonyl (C=O) groups is 3. The van der Waals surface area contributed by atoms with Crippen LogP contribution in [-0.4, -0.2) is 101 Å². The van der Waals surface area contributed by atoms with Gasteiger partial charge in [0.1, 0.15) is 29.9 Å². The number of carboxylic acids is 1. The summed E-state index contributed by atoms with van der Waals surface area (Å²) in [6.45, 7) is 3.86. The SMILES string of the molecule is Cc1sc(N)nc1/C(=N/OC(COc1ccc(C(N)=NC2CNC2)cc1)C(=O)O)C(=O)N[C@@H]1C(=O)N(S(=O)(=O)O)[C@@H]1C. The van der Waals surface area contributed by atoms with Gasteiger partial charge in [-0.25, -0.2) is 14.1 Å². The molecular weight excluding hydrogens is 596 g/mol. The number of aliphatic carboxylic acids is 1. The molecule has 0 radical (unpaired) electrons. The molecule has 0 aliphatic carbocycles. The summed E-state index contributed by atoms with van der Waals surface area (Å²) in [6, 6.07) is 4.17. The van der Waals surface area contributed by atoms with Crippen molar-refractivity contribution in [3.63, 3.8) is 0 Å². The van der Waals surface area contributed by atoms with E-state index in [2.05, 4.69) is 25.8 Å². The molecule has 226 valence electrons. The first kappa shape index (κ1) is 30.6. The second kappa shape index (κ2) is 12.3. The van der Waals surface area contributed by atoms with Crippen LogP contribution >= 0.6 is 11.3 Å². The number of thiazole rings is 1. The van der Waals surface area contributed by atoms with E-state index < -0.39 is 58.6 Å². The number of benzene rings is 1. The molecule has 1 aromatic carbocycles. The maximum atomic E-state index is 13.1. The molecule has 17 nitrogen and oxygen atoms in total. The van der Waals surface area contributed by atoms with Gasteiger partial charge in [-0.2, -0.15) is 8.42 Å². The second-order valence-corrected chi connectivity index (χ2v) is 11.8. The van der Waals surface area contributed by atoms with E-state index >= 15 is 0 Å². The second-order valence-electron chi connectivity index (χ2n) is 9.29. The Morgan fingerprint density at radius 1 is 1.31 bits per heavy atom. The number of β-lactam (4-membered cyclic amide) rings is 1. The molecule has 19 heteroatoms. The molecule has 4 rings (SSSR count). The first-order valence-electron chi connectivity index (χ1n) is 12.3. The van der Waals surface area contributed by atoms with E-state index in [-0.39, 0.29) is 21.2 Å². The lowest BCUT2D eigenvalue weighted by atomic mass is 10.0. The molecule has 0 bridgehead atoms. The van der Waals surface area contributed by atoms with E-state index in [0.717, 1.165) is 24.4 Å². The number of carbonyl (C=O) groups excluding carboxylic acids is 2. The number of aromatic nitrogens is 1. The van der Waals surface area contributed by atoms with Crippen LogP contribution in [0.25, 0.3) is 0 Å². The molecule has 1 aromatic heterocycles. The number of rotatable bonds is 12. The van der Waals surface area contributed by atoms with Gasteiger partial charge in [-0.3, -0.25) is 19.1 Å². The van der Waals surface area contributed by atoms with Crippen LogP contribution in [-0.2, 0) is 29.5 Å². The van der Waals surface area contributed by atoms with Crippen molar-refractivity contribution >= 4 is 56.1 Å². The number of nitrogen functional groups attached to an aromatic ring is 1. The Morgan fingerprint density at radius 2 is 1.98 bits per heavy atom. The highest BCUT2D eigenvalue weighted by Crippen LogP contribution is 2.24. The van der Waals surface area contributed by atoms with Gasteiger partial charge in [-0.1, -0.05) is 5.16 Å². The Kier molecular flexibility index (Phi) is 8.95. The summed E-state index contributed by atoms with van der Waals surface area (Å²) >= 11 is 1.02. The largest absolute Gasteiger partial charge is 0.489 e. The van der Waals surface area contributed by atoms with E-state index in [9.17, 15) is 32.5 Å². The third kappa shape index (κ3) is 6.75. The number of amides is 2. The number of nitrogens with one attached hydrogen (secondary N) is 2. The molecule has 8 N–H and O–H groups in total. The molecule has 3 atom stereocenters. The van der Waals surface area contributed by atoms with Gasteiger partial charge in [0.05, 0.1) is 12.1 Å². The number of nitrogens with zero attached hydrogens (tertiary/aromatic N) is 4. The summed E-state index contributed by atoms with van der Waals surface area (Å²) in [7, 11) is -4.82. The lowest BCUT2D eigenvalue weighted by Gasteiger charge is -2.42. The fraction of sp³-hybridized carbons (Fsp3) is 0.391. The van der Waals surface area contributed by atoms with Gasteiger partial charge < -0.3 is 36.8 Å². The summed E-state index contributed by atoms with van der Waals surface area (Å²) in [5.41, 5.74) is 11.9. The van der Waals surface area contributed by atoms with Gasteiger partial charge in [-0.05, 0) is 38.1 Å². The predicted octanol–water partition coefficient (Wildman–Crippen LogP) is -1.52. The summed E-state index contributed by atoms with van der Waals surface area (Å²) in [6.07, 6.45) is -1.68. The molecule has 2 aliphatic heterocycles. The lowest BCUT2D eigenvalue weighted by molar-refractivity contribution is -0.152. The smallest absolute Gasteiger partial charge is 0.362 e. The monoisotopic (exact) mass is 624 g/mol. The number of amidine groups is 1. The average Bonchev–Trinajstić information content (AvgIpc) is 3.23. The van der Waals surface area contributed by atoms with Crippen molar-refractivity contribution in [3.05, 3.63) is 40.4 Å². The summed E-state index contributed by atoms with van der Waals surface area (Å²) in [4.78, 5) is 51.2. The minimum Gasteiger partial charge on any atom is -0.489 e. The number of hydrogen-bond acceptors (Lipinski definition) is 13. The topological polar surface area (TPSA) is 261 Å². The fourth-order valence-corrected chi connectivity index (χ4v) is 5.51. The number of anilines is 1. The van der Waals surface area contributed by atoms with Crippen LogP contribution in [0.4, 0.5) is 5.13 Å². The van der Waals surface area contributed by atoms with Crippen LogP contribution in [0.3, 0.4) is 0 Å². The fourth-order valence-electron chi connectivity index (χ4n) is 3.93. The molecule has 2 saturated heterocycles. The van der Waals surface area contributed by atoms with Crippen molar-refractivity contribution in [2.75, 3.05) is 25.4 Å². The van der Waals surface area contributed by atoms with Crippen LogP contribution in [0.2, 0.25) is 0 Å². The van der Waals surface area contributed by atoms with E-state index in [1.54, 1.807) is 31.2 Å². The molecule has 42 heavy (non-hydrogen) atoms. The highest BCUT2D eigenvalue weighted by atomic mass is 32.2. The number of aliphatic imine (C=N–C) groups is 1. The Bertz CT molecular complexity index is 1540. The van der Waals surface area contributed by atoms with E-state index in [1.807, 2.05) is 0 Å². The molecule has 1 unspecified atom stereocenters. The maximum absolute atomic E-state index is 13.1. The van der Waals surface area contributed by atoms with Gasteiger partial charge in [0.15, 0.2) is 10.8 Å². The number of ether oxygens (including phenoxy) is 1. The standard InChI is InChI=1S/C23H28N8O9S2/c1-10-16(21(33)31(10)42(36,37)38)28-20(32)18(17-11(2)41-23(25)29-17)30-40-15(22(34)35)9-39-14-5-3-12(4-6-14)19(24)27-13-7-26-8-13/h3-6,10,13,15-16,26H,7-9H2,1-2H3,(H2,24,27)(H2,25,29)(H,28,32)(H,34,35)(H,36,37,38)/b30-18-/t10-,15?,16+/m1/s1. The Labute approximate surface area is 243 Å². The quantitative estimate of drug-likeness (QED) is 0.0516. The van der Waals surface area contributed by atoms with E-state index in [4.69, 9.17) is 21.0 Å². The molecule has 2 fully saturated rings. The number of oxime groups is 1. The zero-order chi connectivity index (χ0) is 30.8. The first-order chi connectivity index (χ1) is 19.8. The van der Waals surface area contributed by atoms with Gasteiger partial charge >= 0.3 is 16.3 Å². The summed E-state index contributed by atoms with van der Waals surface area (Å²) in [5.74, 6) is -2.90. The van der Waals surface area contributed by atoms with Gasteiger partial charge in [0.2, 0.25) is 0 Å². The minimum absolute atomic E-state index is 0.0429. The summed E-state index contributed by atoms with van der Waals surface area (Å²) in [5, 5.41) is 18.8. The van der Waals surface area contributed by atoms with Crippen LogP contribution in [0.1, 0.15) is 23.1 Å². The number of carboxylic acid groups (broad SMARTS) is 1. The van der Waals surface area contributed by atoms with E-state index in [1.165, 1.54) is 6.92 Å². The Morgan fingerprint density at radius 3 is 2.48 bits per heavy atom. The highest BCUT2D eigenvalue weighted by molar-refractivity contribution is 7.84. The number of nitrogens with two attached hydrogens (primary N) is 2. The first-order valence-corrected chi connectivity index (χ1v) is 14.6. The average molecular weight is 625 g/mol. The highest BCUT2D eigenvalue weighted by Gasteiger charge is 2.51. The maximum Gasteiger partial charge on any atom is 0.362 e. The predicted molar refractivity (Wildman–Crippen MR) is 149 cm³/mol. The minimum atomic E-state index is -4.82. The van der Waals surface area contributed by atoms with Crippen molar-refractivity contribution in [1.82, 2.24) is 19.9 Å². The van der Waals surface area contributed by atoms with Crippen LogP contribution < -0.4 is 26.8 Å². The molecule has 2 amide bonds. The molecule has 3 heterocycles. The lowest BCUT2D eigenvalue weighted by Crippen LogP contribution is -2.71. The number of aryl methyl sites for hydroxylation is 1. The Balaban J connectivity index is 1.46. The zero-order valence-electron chi connectivity index (χ0n) is 22.3. The summed E-state index contributed by atoms with van der Waals surface area (Å²) < 4.78 is 37.7. The van der Waals surface area contributed by atoms with Gasteiger partial charge in [0, 0.05) is 23.5 Å². The van der Waals surface area contributed by atoms with Crippen LogP contribution in [0, 0.1) is 6.92 Å². The molecular formula is C23H28N8O9S2. The van der Waals surface area contributed by atoms with Crippen LogP contribution in [0.15, 0.2) is 34.4 Å². The molecule has 2 aliphatic rings.